The number of phenolic OH excluding ortho intramolecular Hbond substituents is 1. The highest BCUT2D eigenvalue weighted by Crippen LogP contribution is 2.67. The molecule has 3 aliphatic carbocycles. The van der Waals surface area contributed by atoms with Crippen LogP contribution in [-0.4, -0.2) is 69.6 Å². The van der Waals surface area contributed by atoms with Crippen LogP contribution in [0.4, 0.5) is 0 Å². The number of rotatable bonds is 5. The highest BCUT2D eigenvalue weighted by molar-refractivity contribution is 5.91. The highest BCUT2D eigenvalue weighted by Gasteiger charge is 2.76. The summed E-state index contributed by atoms with van der Waals surface area (Å²) in [7, 11) is 1.77. The number of ether oxygens (including phenoxy) is 1. The van der Waals surface area contributed by atoms with Crippen molar-refractivity contribution in [3.63, 3.8) is 0 Å². The van der Waals surface area contributed by atoms with Crippen LogP contribution in [0.25, 0.3) is 6.08 Å². The molecule has 1 amide bonds. The van der Waals surface area contributed by atoms with Gasteiger partial charge in [-0.15, -0.1) is 0 Å². The fraction of sp³-hybridized carbons (Fsp3) is 0.536. The van der Waals surface area contributed by atoms with E-state index >= 15 is 0 Å². The van der Waals surface area contributed by atoms with Crippen LogP contribution < -0.4 is 4.74 Å². The van der Waals surface area contributed by atoms with Crippen LogP contribution >= 0.6 is 0 Å². The summed E-state index contributed by atoms with van der Waals surface area (Å²) in [5, 5.41) is 37.6. The fourth-order valence-electron chi connectivity index (χ4n) is 7.95. The van der Waals surface area contributed by atoms with Gasteiger partial charge in [0.05, 0.1) is 37.1 Å². The van der Waals surface area contributed by atoms with E-state index in [0.717, 1.165) is 29.5 Å². The van der Waals surface area contributed by atoms with E-state index in [9.17, 15) is 20.2 Å². The molecule has 5 aliphatic rings. The molecular formula is C28H32N2O6. The predicted molar refractivity (Wildman–Crippen MR) is 131 cm³/mol. The van der Waals surface area contributed by atoms with Gasteiger partial charge in [0.15, 0.2) is 11.5 Å². The monoisotopic (exact) mass is 492 g/mol. The smallest absolute Gasteiger partial charge is 0.246 e. The molecule has 1 unspecified atom stereocenters. The molecule has 2 bridgehead atoms. The van der Waals surface area contributed by atoms with Crippen molar-refractivity contribution in [3.05, 3.63) is 58.7 Å². The third-order valence-corrected chi connectivity index (χ3v) is 9.83. The van der Waals surface area contributed by atoms with E-state index in [1.165, 1.54) is 6.08 Å². The number of carbonyl (C=O) groups is 1. The van der Waals surface area contributed by atoms with Crippen molar-refractivity contribution in [3.8, 4) is 11.5 Å². The standard InChI is InChI=1S/C28H32N2O6/c1-29(23(32)7-4-18-9-13-35-16-18)20-8-10-28(33)22-14-19-5-6-21(31)25-24(19)27(28,26(20)36-25)11-12-30(22,34)15-17-2-3-17/h4-7,9,13,16-17,20,22,26,31,33H,2-3,8,10-12,14-15H2,1H3/t20-,22-,26+,27+,28-,30?/m0/s1. The number of carbonyl (C=O) groups excluding carboxylic acids is 1. The second-order valence-corrected chi connectivity index (χ2v) is 11.6. The van der Waals surface area contributed by atoms with Gasteiger partial charge in [-0.25, -0.2) is 0 Å². The van der Waals surface area contributed by atoms with Crippen molar-refractivity contribution >= 4 is 12.0 Å². The Morgan fingerprint density at radius 3 is 2.86 bits per heavy atom. The molecule has 6 atom stereocenters. The maximum Gasteiger partial charge on any atom is 0.246 e. The van der Waals surface area contributed by atoms with E-state index in [-0.39, 0.29) is 22.3 Å². The molecule has 3 fully saturated rings. The van der Waals surface area contributed by atoms with Crippen molar-refractivity contribution in [1.29, 1.82) is 0 Å². The molecule has 2 aliphatic heterocycles. The molecule has 0 radical (unpaired) electrons. The van der Waals surface area contributed by atoms with E-state index in [4.69, 9.17) is 9.15 Å². The number of benzene rings is 1. The minimum Gasteiger partial charge on any atom is -0.632 e. The first-order chi connectivity index (χ1) is 17.3. The molecule has 8 heteroatoms. The van der Waals surface area contributed by atoms with Gasteiger partial charge in [0.2, 0.25) is 5.91 Å². The van der Waals surface area contributed by atoms with Gasteiger partial charge in [0.25, 0.3) is 0 Å². The number of quaternary nitrogens is 1. The molecule has 3 heterocycles. The van der Waals surface area contributed by atoms with Crippen molar-refractivity contribution in [2.75, 3.05) is 20.1 Å². The first-order valence-corrected chi connectivity index (χ1v) is 13.1. The molecule has 7 rings (SSSR count). The molecule has 36 heavy (non-hydrogen) atoms. The summed E-state index contributed by atoms with van der Waals surface area (Å²) >= 11 is 0. The number of piperidine rings is 1. The fourth-order valence-corrected chi connectivity index (χ4v) is 7.95. The van der Waals surface area contributed by atoms with E-state index in [1.54, 1.807) is 42.7 Å². The number of phenols is 1. The van der Waals surface area contributed by atoms with Gasteiger partial charge in [0, 0.05) is 43.0 Å². The Kier molecular flexibility index (Phi) is 4.58. The predicted octanol–water partition coefficient (Wildman–Crippen LogP) is 3.10. The minimum atomic E-state index is -1.24. The summed E-state index contributed by atoms with van der Waals surface area (Å²) in [5.74, 6) is 0.758. The summed E-state index contributed by atoms with van der Waals surface area (Å²) in [6.07, 6.45) is 9.94. The zero-order valence-corrected chi connectivity index (χ0v) is 20.4. The number of amides is 1. The summed E-state index contributed by atoms with van der Waals surface area (Å²) in [6.45, 7) is 0.984. The van der Waals surface area contributed by atoms with E-state index < -0.39 is 23.2 Å². The Morgan fingerprint density at radius 2 is 2.11 bits per heavy atom. The van der Waals surface area contributed by atoms with Crippen LogP contribution in [0.15, 0.2) is 41.2 Å². The Bertz CT molecular complexity index is 1250. The van der Waals surface area contributed by atoms with Crippen molar-refractivity contribution < 1.29 is 28.8 Å². The van der Waals surface area contributed by atoms with Gasteiger partial charge in [0.1, 0.15) is 17.7 Å². The quantitative estimate of drug-likeness (QED) is 0.378. The van der Waals surface area contributed by atoms with Crippen LogP contribution in [0.1, 0.15) is 48.8 Å². The lowest BCUT2D eigenvalue weighted by Crippen LogP contribution is -2.81. The average molecular weight is 493 g/mol. The minimum absolute atomic E-state index is 0.0531. The topological polar surface area (TPSA) is 106 Å². The number of likely N-dealkylation sites (N-methyl/N-ethyl adjacent to an activating group) is 1. The van der Waals surface area contributed by atoms with Gasteiger partial charge < -0.3 is 34.1 Å². The van der Waals surface area contributed by atoms with Gasteiger partial charge in [-0.05, 0) is 49.5 Å². The second kappa shape index (κ2) is 7.37. The molecular weight excluding hydrogens is 460 g/mol. The number of furan rings is 1. The molecule has 1 aromatic heterocycles. The molecule has 1 aromatic carbocycles. The Hall–Kier alpha value is -2.81. The third kappa shape index (κ3) is 2.83. The first-order valence-electron chi connectivity index (χ1n) is 13.1. The van der Waals surface area contributed by atoms with Crippen LogP contribution in [0, 0.1) is 11.1 Å². The third-order valence-electron chi connectivity index (χ3n) is 9.83. The van der Waals surface area contributed by atoms with Gasteiger partial charge in [-0.2, -0.15) is 0 Å². The number of hydrogen-bond donors (Lipinski definition) is 2. The Morgan fingerprint density at radius 1 is 1.28 bits per heavy atom. The number of hydroxylamine groups is 3. The Balaban J connectivity index is 1.30. The lowest BCUT2D eigenvalue weighted by atomic mass is 9.48. The van der Waals surface area contributed by atoms with Gasteiger partial charge in [-0.1, -0.05) is 6.07 Å². The van der Waals surface area contributed by atoms with E-state index in [0.29, 0.717) is 50.4 Å². The number of likely N-dealkylation sites (tertiary alicyclic amines) is 1. The van der Waals surface area contributed by atoms with E-state index in [2.05, 4.69) is 0 Å². The molecule has 2 N–H and O–H groups in total. The molecule has 1 saturated heterocycles. The first kappa shape index (κ1) is 22.4. The van der Waals surface area contributed by atoms with Crippen molar-refractivity contribution in [2.24, 2.45) is 5.92 Å². The highest BCUT2D eigenvalue weighted by atomic mass is 16.6. The number of aliphatic hydroxyl groups is 1. The summed E-state index contributed by atoms with van der Waals surface area (Å²) in [5.41, 5.74) is 0.591. The molecule has 190 valence electrons. The van der Waals surface area contributed by atoms with Crippen LogP contribution in [0.5, 0.6) is 11.5 Å². The largest absolute Gasteiger partial charge is 0.632 e. The number of nitrogens with zero attached hydrogens (tertiary/aromatic N) is 2. The summed E-state index contributed by atoms with van der Waals surface area (Å²) < 4.78 is 11.3. The summed E-state index contributed by atoms with van der Waals surface area (Å²) in [4.78, 5) is 14.9. The molecule has 8 nitrogen and oxygen atoms in total. The average Bonchev–Trinajstić information content (AvgIpc) is 3.36. The number of hydrogen-bond acceptors (Lipinski definition) is 6. The maximum absolute atomic E-state index is 14.3. The molecule has 1 spiro atoms. The lowest BCUT2D eigenvalue weighted by molar-refractivity contribution is -0.924. The maximum atomic E-state index is 14.3. The summed E-state index contributed by atoms with van der Waals surface area (Å²) in [6, 6.07) is 4.54. The zero-order valence-electron chi connectivity index (χ0n) is 20.4. The lowest BCUT2D eigenvalue weighted by Gasteiger charge is -2.68. The molecule has 2 saturated carbocycles. The van der Waals surface area contributed by atoms with Crippen LogP contribution in [0.2, 0.25) is 0 Å². The normalized spacial score (nSPS) is 38.0. The van der Waals surface area contributed by atoms with Gasteiger partial charge >= 0.3 is 0 Å². The van der Waals surface area contributed by atoms with Gasteiger partial charge in [-0.3, -0.25) is 4.79 Å². The number of aromatic hydroxyl groups is 1. The SMILES string of the molecule is CN(C(=O)C=Cc1ccoc1)[C@H]1CC[C@]2(O)[C@@H]3Cc4ccc(O)c5c4[C@]2(CC[N+]3([O-])CC2CC2)[C@@H]1O5. The van der Waals surface area contributed by atoms with E-state index in [1.807, 2.05) is 6.07 Å². The van der Waals surface area contributed by atoms with Crippen LogP contribution in [0.3, 0.4) is 0 Å². The molecule has 2 aromatic rings. The Labute approximate surface area is 209 Å². The van der Waals surface area contributed by atoms with Crippen LogP contribution in [-0.2, 0) is 16.6 Å². The van der Waals surface area contributed by atoms with Crippen molar-refractivity contribution in [1.82, 2.24) is 4.90 Å². The second-order valence-electron chi connectivity index (χ2n) is 11.6. The zero-order chi connectivity index (χ0) is 24.9. The van der Waals surface area contributed by atoms with Crippen molar-refractivity contribution in [2.45, 2.75) is 67.7 Å².